The van der Waals surface area contributed by atoms with Gasteiger partial charge in [-0.25, -0.2) is 0 Å². The van der Waals surface area contributed by atoms with Crippen molar-refractivity contribution in [3.63, 3.8) is 0 Å². The molecule has 2 nitrogen and oxygen atoms in total. The first-order valence-electron chi connectivity index (χ1n) is 6.06. The van der Waals surface area contributed by atoms with E-state index in [9.17, 15) is 0 Å². The van der Waals surface area contributed by atoms with Gasteiger partial charge in [0.05, 0.1) is 0 Å². The Hall–Kier alpha value is -0.0800. The highest BCUT2D eigenvalue weighted by Gasteiger charge is 2.13. The second-order valence-corrected chi connectivity index (χ2v) is 4.36. The molecule has 0 aliphatic rings. The first kappa shape index (κ1) is 13.9. The van der Waals surface area contributed by atoms with Gasteiger partial charge in [-0.15, -0.1) is 0 Å². The summed E-state index contributed by atoms with van der Waals surface area (Å²) in [5.74, 6) is 0. The van der Waals surface area contributed by atoms with Gasteiger partial charge in [0.15, 0.2) is 0 Å². The van der Waals surface area contributed by atoms with Crippen molar-refractivity contribution in [2.24, 2.45) is 0 Å². The van der Waals surface area contributed by atoms with E-state index in [0.717, 1.165) is 0 Å². The van der Waals surface area contributed by atoms with Crippen LogP contribution in [-0.2, 0) is 0 Å². The van der Waals surface area contributed by atoms with Gasteiger partial charge in [-0.3, -0.25) is 4.90 Å². The Balaban J connectivity index is 3.97. The van der Waals surface area contributed by atoms with Crippen molar-refractivity contribution in [1.29, 1.82) is 0 Å². The molecule has 0 aliphatic carbocycles. The maximum absolute atomic E-state index is 3.41. The summed E-state index contributed by atoms with van der Waals surface area (Å²) < 4.78 is 0. The predicted octanol–water partition coefficient (Wildman–Crippen LogP) is 2.49. The van der Waals surface area contributed by atoms with E-state index in [-0.39, 0.29) is 0 Å². The molecule has 0 rings (SSSR count). The molecule has 0 aromatic rings. The van der Waals surface area contributed by atoms with Crippen molar-refractivity contribution < 1.29 is 0 Å². The van der Waals surface area contributed by atoms with Crippen molar-refractivity contribution in [2.75, 3.05) is 20.1 Å². The monoisotopic (exact) mass is 200 g/mol. The molecular weight excluding hydrogens is 172 g/mol. The molecule has 1 N–H and O–H groups in total. The molecular formula is C12H28N2. The Morgan fingerprint density at radius 3 is 2.14 bits per heavy atom. The van der Waals surface area contributed by atoms with E-state index in [0.29, 0.717) is 12.1 Å². The van der Waals surface area contributed by atoms with Crippen LogP contribution < -0.4 is 5.32 Å². The summed E-state index contributed by atoms with van der Waals surface area (Å²) >= 11 is 0. The first-order chi connectivity index (χ1) is 6.65. The van der Waals surface area contributed by atoms with Crippen molar-refractivity contribution in [1.82, 2.24) is 10.2 Å². The Morgan fingerprint density at radius 1 is 1.14 bits per heavy atom. The molecule has 0 saturated heterocycles. The Morgan fingerprint density at radius 2 is 1.79 bits per heavy atom. The van der Waals surface area contributed by atoms with Crippen LogP contribution in [0.5, 0.6) is 0 Å². The molecule has 2 heteroatoms. The zero-order valence-electron chi connectivity index (χ0n) is 10.6. The molecule has 0 spiro atoms. The molecule has 1 unspecified atom stereocenters. The summed E-state index contributed by atoms with van der Waals surface area (Å²) in [7, 11) is 2.07. The minimum absolute atomic E-state index is 0.661. The van der Waals surface area contributed by atoms with E-state index in [4.69, 9.17) is 0 Å². The molecule has 0 aromatic carbocycles. The molecule has 86 valence electrons. The minimum Gasteiger partial charge on any atom is -0.316 e. The molecule has 0 saturated carbocycles. The van der Waals surface area contributed by atoms with E-state index in [1.807, 2.05) is 0 Å². The van der Waals surface area contributed by atoms with Crippen LogP contribution in [0, 0.1) is 0 Å². The lowest BCUT2D eigenvalue weighted by Gasteiger charge is -2.30. The highest BCUT2D eigenvalue weighted by molar-refractivity contribution is 4.72. The normalized spacial score (nSPS) is 13.9. The summed E-state index contributed by atoms with van der Waals surface area (Å²) in [5, 5.41) is 3.41. The largest absolute Gasteiger partial charge is 0.316 e. The topological polar surface area (TPSA) is 15.3 Å². The van der Waals surface area contributed by atoms with Crippen LogP contribution in [0.2, 0.25) is 0 Å². The second-order valence-electron chi connectivity index (χ2n) is 4.36. The number of nitrogens with zero attached hydrogens (tertiary/aromatic N) is 1. The lowest BCUT2D eigenvalue weighted by molar-refractivity contribution is 0.196. The number of hydrogen-bond donors (Lipinski definition) is 1. The molecule has 0 bridgehead atoms. The summed E-state index contributed by atoms with van der Waals surface area (Å²) in [6, 6.07) is 1.33. The van der Waals surface area contributed by atoms with E-state index >= 15 is 0 Å². The van der Waals surface area contributed by atoms with Gasteiger partial charge in [-0.05, 0) is 40.3 Å². The van der Waals surface area contributed by atoms with Gasteiger partial charge in [-0.1, -0.05) is 20.3 Å². The van der Waals surface area contributed by atoms with E-state index < -0.39 is 0 Å². The molecule has 0 amide bonds. The fourth-order valence-corrected chi connectivity index (χ4v) is 1.81. The van der Waals surface area contributed by atoms with Crippen molar-refractivity contribution in [3.8, 4) is 0 Å². The number of hydrogen-bond acceptors (Lipinski definition) is 2. The van der Waals surface area contributed by atoms with Crippen molar-refractivity contribution in [2.45, 2.75) is 59.0 Å². The third-order valence-corrected chi connectivity index (χ3v) is 2.74. The summed E-state index contributed by atoms with van der Waals surface area (Å²) in [4.78, 5) is 2.57. The van der Waals surface area contributed by atoms with Crippen LogP contribution in [0.15, 0.2) is 0 Å². The summed E-state index contributed by atoms with van der Waals surface area (Å²) in [6.45, 7) is 11.5. The highest BCUT2D eigenvalue weighted by atomic mass is 15.2. The Labute approximate surface area is 90.1 Å². The molecule has 0 fully saturated rings. The lowest BCUT2D eigenvalue weighted by atomic mass is 10.1. The molecule has 1 atom stereocenters. The van der Waals surface area contributed by atoms with Crippen LogP contribution >= 0.6 is 0 Å². The maximum Gasteiger partial charge on any atom is 0.0192 e. The lowest BCUT2D eigenvalue weighted by Crippen LogP contribution is -2.43. The molecule has 0 radical (unpaired) electrons. The van der Waals surface area contributed by atoms with Gasteiger partial charge in [0.25, 0.3) is 0 Å². The number of likely N-dealkylation sites (N-methyl/N-ethyl adjacent to an activating group) is 1. The smallest absolute Gasteiger partial charge is 0.0192 e. The van der Waals surface area contributed by atoms with Gasteiger partial charge in [0.1, 0.15) is 0 Å². The third-order valence-electron chi connectivity index (χ3n) is 2.74. The van der Waals surface area contributed by atoms with Crippen molar-refractivity contribution >= 4 is 0 Å². The number of nitrogens with one attached hydrogen (secondary N) is 1. The van der Waals surface area contributed by atoms with Gasteiger partial charge < -0.3 is 5.32 Å². The maximum atomic E-state index is 3.41. The minimum atomic E-state index is 0.661. The van der Waals surface area contributed by atoms with Crippen LogP contribution in [0.4, 0.5) is 0 Å². The van der Waals surface area contributed by atoms with E-state index in [2.05, 4.69) is 45.0 Å². The SMILES string of the molecule is CCCC(CN(CCC)C(C)C)NC. The molecule has 14 heavy (non-hydrogen) atoms. The average Bonchev–Trinajstić information content (AvgIpc) is 2.15. The summed E-state index contributed by atoms with van der Waals surface area (Å²) in [6.07, 6.45) is 3.80. The van der Waals surface area contributed by atoms with Crippen LogP contribution in [0.3, 0.4) is 0 Å². The van der Waals surface area contributed by atoms with Crippen LogP contribution in [-0.4, -0.2) is 37.1 Å². The van der Waals surface area contributed by atoms with Crippen molar-refractivity contribution in [3.05, 3.63) is 0 Å². The first-order valence-corrected chi connectivity index (χ1v) is 6.06. The van der Waals surface area contributed by atoms with Gasteiger partial charge in [0.2, 0.25) is 0 Å². The standard InChI is InChI=1S/C12H28N2/c1-6-8-12(13-5)10-14(9-7-2)11(3)4/h11-13H,6-10H2,1-5H3. The van der Waals surface area contributed by atoms with Gasteiger partial charge in [0, 0.05) is 18.6 Å². The second kappa shape index (κ2) is 8.25. The summed E-state index contributed by atoms with van der Waals surface area (Å²) in [5.41, 5.74) is 0. The quantitative estimate of drug-likeness (QED) is 0.647. The molecule has 0 aromatic heterocycles. The zero-order chi connectivity index (χ0) is 11.0. The molecule has 0 aliphatic heterocycles. The third kappa shape index (κ3) is 5.61. The zero-order valence-corrected chi connectivity index (χ0v) is 10.6. The van der Waals surface area contributed by atoms with Crippen LogP contribution in [0.1, 0.15) is 47.0 Å². The fraction of sp³-hybridized carbons (Fsp3) is 1.00. The van der Waals surface area contributed by atoms with Crippen LogP contribution in [0.25, 0.3) is 0 Å². The fourth-order valence-electron chi connectivity index (χ4n) is 1.81. The van der Waals surface area contributed by atoms with E-state index in [1.165, 1.54) is 32.4 Å². The predicted molar refractivity (Wildman–Crippen MR) is 64.8 cm³/mol. The van der Waals surface area contributed by atoms with E-state index in [1.54, 1.807) is 0 Å². The highest BCUT2D eigenvalue weighted by Crippen LogP contribution is 2.05. The number of rotatable bonds is 8. The molecule has 0 heterocycles. The van der Waals surface area contributed by atoms with Gasteiger partial charge in [-0.2, -0.15) is 0 Å². The Kier molecular flexibility index (Phi) is 8.20. The van der Waals surface area contributed by atoms with Gasteiger partial charge >= 0.3 is 0 Å². The average molecular weight is 200 g/mol. The Bertz CT molecular complexity index is 123.